The van der Waals surface area contributed by atoms with Gasteiger partial charge in [-0.1, -0.05) is 57.2 Å². The number of carbonyl (C=O) groups excluding carboxylic acids is 1. The van der Waals surface area contributed by atoms with Crippen molar-refractivity contribution in [2.75, 3.05) is 44.2 Å². The summed E-state index contributed by atoms with van der Waals surface area (Å²) in [4.78, 5) is 19.0. The summed E-state index contributed by atoms with van der Waals surface area (Å²) in [6.07, 6.45) is 1.96. The number of benzene rings is 2. The van der Waals surface area contributed by atoms with Crippen LogP contribution in [0.15, 0.2) is 48.5 Å². The lowest BCUT2D eigenvalue weighted by molar-refractivity contribution is -0.900. The molecule has 0 aromatic heterocycles. The Morgan fingerprint density at radius 1 is 1.06 bits per heavy atom. The molecule has 0 aliphatic carbocycles. The first-order valence-electron chi connectivity index (χ1n) is 12.1. The van der Waals surface area contributed by atoms with Crippen molar-refractivity contribution in [1.29, 1.82) is 0 Å². The maximum atomic E-state index is 12.9. The SMILES string of the molecule is CCC[NH+]1CCN(c2ccc3c(c2)CN(C(=O)OCc2ccccc2)CCC3(C)C)CC1. The molecule has 2 aromatic rings. The van der Waals surface area contributed by atoms with Crippen LogP contribution in [0.4, 0.5) is 10.5 Å². The quantitative estimate of drug-likeness (QED) is 0.778. The zero-order valence-corrected chi connectivity index (χ0v) is 19.9. The summed E-state index contributed by atoms with van der Waals surface area (Å²) in [5.41, 5.74) is 4.95. The number of ether oxygens (including phenoxy) is 1. The molecule has 4 rings (SSSR count). The van der Waals surface area contributed by atoms with E-state index in [-0.39, 0.29) is 11.5 Å². The molecule has 1 saturated heterocycles. The summed E-state index contributed by atoms with van der Waals surface area (Å²) in [5, 5.41) is 0. The largest absolute Gasteiger partial charge is 0.445 e. The molecule has 2 heterocycles. The molecular formula is C27H38N3O2+. The molecule has 0 bridgehead atoms. The molecule has 1 fully saturated rings. The Kier molecular flexibility index (Phi) is 7.04. The van der Waals surface area contributed by atoms with E-state index in [0.29, 0.717) is 19.7 Å². The van der Waals surface area contributed by atoms with Gasteiger partial charge >= 0.3 is 6.09 Å². The summed E-state index contributed by atoms with van der Waals surface area (Å²) in [6.45, 7) is 14.4. The molecule has 1 amide bonds. The average molecular weight is 437 g/mol. The van der Waals surface area contributed by atoms with Gasteiger partial charge in [-0.15, -0.1) is 0 Å². The molecule has 2 aliphatic heterocycles. The second-order valence-electron chi connectivity index (χ2n) is 9.92. The molecule has 5 nitrogen and oxygen atoms in total. The molecule has 0 unspecified atom stereocenters. The van der Waals surface area contributed by atoms with Crippen LogP contribution in [-0.2, 0) is 23.3 Å². The van der Waals surface area contributed by atoms with Crippen molar-refractivity contribution in [1.82, 2.24) is 4.90 Å². The van der Waals surface area contributed by atoms with E-state index < -0.39 is 0 Å². The highest BCUT2D eigenvalue weighted by Crippen LogP contribution is 2.36. The zero-order chi connectivity index (χ0) is 22.6. The Labute approximate surface area is 193 Å². The molecule has 0 saturated carbocycles. The van der Waals surface area contributed by atoms with E-state index >= 15 is 0 Å². The first-order valence-corrected chi connectivity index (χ1v) is 12.1. The topological polar surface area (TPSA) is 37.2 Å². The highest BCUT2D eigenvalue weighted by atomic mass is 16.6. The number of rotatable bonds is 5. The fraction of sp³-hybridized carbons (Fsp3) is 0.519. The first-order chi connectivity index (χ1) is 15.5. The molecule has 1 N–H and O–H groups in total. The number of nitrogens with zero attached hydrogens (tertiary/aromatic N) is 2. The Bertz CT molecular complexity index is 904. The molecule has 0 atom stereocenters. The minimum Gasteiger partial charge on any atom is -0.445 e. The van der Waals surface area contributed by atoms with Crippen LogP contribution in [0, 0.1) is 0 Å². The van der Waals surface area contributed by atoms with Crippen molar-refractivity contribution >= 4 is 11.8 Å². The monoisotopic (exact) mass is 436 g/mol. The van der Waals surface area contributed by atoms with Gasteiger partial charge in [-0.25, -0.2) is 4.79 Å². The van der Waals surface area contributed by atoms with Crippen molar-refractivity contribution in [3.8, 4) is 0 Å². The molecule has 0 spiro atoms. The first kappa shape index (κ1) is 22.7. The van der Waals surface area contributed by atoms with Gasteiger partial charge in [-0.05, 0) is 47.1 Å². The van der Waals surface area contributed by atoms with Gasteiger partial charge in [-0.2, -0.15) is 0 Å². The van der Waals surface area contributed by atoms with Crippen molar-refractivity contribution in [2.24, 2.45) is 0 Å². The number of fused-ring (bicyclic) bond motifs is 1. The molecule has 32 heavy (non-hydrogen) atoms. The Morgan fingerprint density at radius 3 is 2.53 bits per heavy atom. The van der Waals surface area contributed by atoms with Crippen LogP contribution in [0.5, 0.6) is 0 Å². The van der Waals surface area contributed by atoms with Gasteiger partial charge in [0.2, 0.25) is 0 Å². The predicted octanol–water partition coefficient (Wildman–Crippen LogP) is 3.62. The van der Waals surface area contributed by atoms with Gasteiger partial charge in [-0.3, -0.25) is 0 Å². The summed E-state index contributed by atoms with van der Waals surface area (Å²) in [5.74, 6) is 0. The summed E-state index contributed by atoms with van der Waals surface area (Å²) >= 11 is 0. The van der Waals surface area contributed by atoms with E-state index in [4.69, 9.17) is 4.74 Å². The Hall–Kier alpha value is -2.53. The number of nitrogens with one attached hydrogen (secondary N) is 1. The number of anilines is 1. The van der Waals surface area contributed by atoms with Gasteiger partial charge in [0.15, 0.2) is 0 Å². The smallest absolute Gasteiger partial charge is 0.410 e. The minimum atomic E-state index is -0.223. The number of hydrogen-bond donors (Lipinski definition) is 1. The van der Waals surface area contributed by atoms with Crippen molar-refractivity contribution in [3.63, 3.8) is 0 Å². The van der Waals surface area contributed by atoms with E-state index in [0.717, 1.165) is 25.1 Å². The van der Waals surface area contributed by atoms with Gasteiger partial charge in [0.05, 0.1) is 32.7 Å². The summed E-state index contributed by atoms with van der Waals surface area (Å²) in [6, 6.07) is 16.8. The third kappa shape index (κ3) is 5.26. The average Bonchev–Trinajstić information content (AvgIpc) is 2.94. The molecule has 5 heteroatoms. The summed E-state index contributed by atoms with van der Waals surface area (Å²) < 4.78 is 5.66. The minimum absolute atomic E-state index is 0.0340. The molecule has 2 aliphatic rings. The number of hydrogen-bond acceptors (Lipinski definition) is 3. The second kappa shape index (κ2) is 9.95. The number of quaternary nitrogens is 1. The van der Waals surface area contributed by atoms with E-state index in [9.17, 15) is 4.79 Å². The second-order valence-corrected chi connectivity index (χ2v) is 9.92. The zero-order valence-electron chi connectivity index (χ0n) is 19.9. The lowest BCUT2D eigenvalue weighted by Gasteiger charge is -2.34. The van der Waals surface area contributed by atoms with Crippen molar-refractivity contribution in [2.45, 2.75) is 52.2 Å². The van der Waals surface area contributed by atoms with Crippen LogP contribution < -0.4 is 9.80 Å². The highest BCUT2D eigenvalue weighted by Gasteiger charge is 2.31. The Morgan fingerprint density at radius 2 is 1.81 bits per heavy atom. The predicted molar refractivity (Wildman–Crippen MR) is 129 cm³/mol. The van der Waals surface area contributed by atoms with Gasteiger partial charge in [0.1, 0.15) is 6.61 Å². The van der Waals surface area contributed by atoms with Crippen molar-refractivity contribution < 1.29 is 14.4 Å². The maximum Gasteiger partial charge on any atom is 0.410 e. The van der Waals surface area contributed by atoms with Crippen LogP contribution >= 0.6 is 0 Å². The van der Waals surface area contributed by atoms with E-state index in [1.165, 1.54) is 42.9 Å². The molecule has 0 radical (unpaired) electrons. The van der Waals surface area contributed by atoms with Gasteiger partial charge in [0.25, 0.3) is 0 Å². The molecule has 172 valence electrons. The van der Waals surface area contributed by atoms with Gasteiger partial charge in [0, 0.05) is 18.8 Å². The van der Waals surface area contributed by atoms with Crippen LogP contribution in [0.1, 0.15) is 50.3 Å². The number of piperazine rings is 1. The van der Waals surface area contributed by atoms with E-state index in [1.54, 1.807) is 4.90 Å². The normalized spacial score (nSPS) is 18.7. The lowest BCUT2D eigenvalue weighted by atomic mass is 9.80. The van der Waals surface area contributed by atoms with E-state index in [1.807, 2.05) is 35.2 Å². The third-order valence-electron chi connectivity index (χ3n) is 7.09. The van der Waals surface area contributed by atoms with Crippen LogP contribution in [0.25, 0.3) is 0 Å². The Balaban J connectivity index is 1.47. The maximum absolute atomic E-state index is 12.9. The lowest BCUT2D eigenvalue weighted by Crippen LogP contribution is -3.14. The van der Waals surface area contributed by atoms with Crippen molar-refractivity contribution in [3.05, 3.63) is 65.2 Å². The number of amides is 1. The standard InChI is InChI=1S/C27H37N3O2/c1-4-13-28-15-17-29(18-16-28)24-10-11-25-23(19-24)20-30(14-12-27(25,2)3)26(31)32-21-22-8-6-5-7-9-22/h5-11,19H,4,12-18,20-21H2,1-3H3/p+1. The fourth-order valence-electron chi connectivity index (χ4n) is 5.05. The third-order valence-corrected chi connectivity index (χ3v) is 7.09. The molecular weight excluding hydrogens is 398 g/mol. The highest BCUT2D eigenvalue weighted by molar-refractivity contribution is 5.68. The van der Waals surface area contributed by atoms with Gasteiger partial charge < -0.3 is 19.4 Å². The fourth-order valence-corrected chi connectivity index (χ4v) is 5.05. The van der Waals surface area contributed by atoms with Crippen LogP contribution in [0.2, 0.25) is 0 Å². The number of carbonyl (C=O) groups is 1. The summed E-state index contributed by atoms with van der Waals surface area (Å²) in [7, 11) is 0. The molecule has 2 aromatic carbocycles. The van der Waals surface area contributed by atoms with Crippen LogP contribution in [0.3, 0.4) is 0 Å². The van der Waals surface area contributed by atoms with Crippen LogP contribution in [-0.4, -0.2) is 50.3 Å². The van der Waals surface area contributed by atoms with E-state index in [2.05, 4.69) is 43.9 Å².